The highest BCUT2D eigenvalue weighted by molar-refractivity contribution is 9.10. The summed E-state index contributed by atoms with van der Waals surface area (Å²) in [5.74, 6) is 1.07. The summed E-state index contributed by atoms with van der Waals surface area (Å²) in [5.41, 5.74) is 1.10. The Morgan fingerprint density at radius 1 is 1.52 bits per heavy atom. The lowest BCUT2D eigenvalue weighted by Crippen LogP contribution is -2.52. The number of nitrogens with zero attached hydrogens (tertiary/aromatic N) is 2. The van der Waals surface area contributed by atoms with E-state index >= 15 is 0 Å². The molecule has 21 heavy (non-hydrogen) atoms. The molecule has 0 radical (unpaired) electrons. The third-order valence-corrected chi connectivity index (χ3v) is 3.95. The second-order valence-corrected chi connectivity index (χ2v) is 7.30. The van der Waals surface area contributed by atoms with E-state index in [1.54, 1.807) is 0 Å². The number of aromatic nitrogens is 1. The van der Waals surface area contributed by atoms with Gasteiger partial charge in [-0.2, -0.15) is 0 Å². The van der Waals surface area contributed by atoms with Crippen LogP contribution < -0.4 is 10.2 Å². The fourth-order valence-corrected chi connectivity index (χ4v) is 3.28. The van der Waals surface area contributed by atoms with E-state index in [0.717, 1.165) is 42.9 Å². The van der Waals surface area contributed by atoms with Gasteiger partial charge in [-0.3, -0.25) is 0 Å². The molecule has 1 aromatic rings. The Hall–Kier alpha value is -0.650. The normalized spacial score (nSPS) is 21.6. The lowest BCUT2D eigenvalue weighted by molar-refractivity contribution is -0.0752. The molecule has 1 atom stereocenters. The van der Waals surface area contributed by atoms with Gasteiger partial charge in [0.1, 0.15) is 5.82 Å². The summed E-state index contributed by atoms with van der Waals surface area (Å²) in [6, 6.07) is 2.16. The van der Waals surface area contributed by atoms with Gasteiger partial charge in [-0.05, 0) is 55.7 Å². The Bertz CT molecular complexity index is 479. The predicted octanol–water partition coefficient (Wildman–Crippen LogP) is 3.35. The molecule has 1 aliphatic heterocycles. The second kappa shape index (κ2) is 7.07. The van der Waals surface area contributed by atoms with E-state index < -0.39 is 0 Å². The van der Waals surface area contributed by atoms with E-state index in [4.69, 9.17) is 4.74 Å². The first-order valence-electron chi connectivity index (χ1n) is 7.69. The van der Waals surface area contributed by atoms with Gasteiger partial charge in [0, 0.05) is 35.9 Å². The number of pyridine rings is 1. The first-order valence-corrected chi connectivity index (χ1v) is 8.48. The van der Waals surface area contributed by atoms with Gasteiger partial charge in [0.2, 0.25) is 0 Å². The average Bonchev–Trinajstić information content (AvgIpc) is 2.36. The SMILES string of the molecule is CCCNCc1cc(Br)cnc1N1CC(C)OC(C)(C)C1. The number of morpholine rings is 1. The van der Waals surface area contributed by atoms with E-state index in [1.807, 2.05) is 6.20 Å². The first-order chi connectivity index (χ1) is 9.91. The maximum absolute atomic E-state index is 5.99. The second-order valence-electron chi connectivity index (χ2n) is 6.38. The van der Waals surface area contributed by atoms with Gasteiger partial charge >= 0.3 is 0 Å². The number of halogens is 1. The summed E-state index contributed by atoms with van der Waals surface area (Å²) in [4.78, 5) is 7.01. The van der Waals surface area contributed by atoms with Gasteiger partial charge in [0.25, 0.3) is 0 Å². The zero-order valence-electron chi connectivity index (χ0n) is 13.4. The zero-order valence-corrected chi connectivity index (χ0v) is 15.0. The van der Waals surface area contributed by atoms with Crippen LogP contribution in [0.1, 0.15) is 39.7 Å². The van der Waals surface area contributed by atoms with Crippen LogP contribution in [0.15, 0.2) is 16.7 Å². The van der Waals surface area contributed by atoms with Crippen LogP contribution in [-0.4, -0.2) is 36.3 Å². The number of ether oxygens (including phenoxy) is 1. The maximum Gasteiger partial charge on any atom is 0.133 e. The van der Waals surface area contributed by atoms with Gasteiger partial charge in [-0.15, -0.1) is 0 Å². The highest BCUT2D eigenvalue weighted by atomic mass is 79.9. The van der Waals surface area contributed by atoms with Gasteiger partial charge in [0.05, 0.1) is 11.7 Å². The third kappa shape index (κ3) is 4.66. The molecule has 1 unspecified atom stereocenters. The van der Waals surface area contributed by atoms with Crippen molar-refractivity contribution >= 4 is 21.7 Å². The van der Waals surface area contributed by atoms with Crippen molar-refractivity contribution in [1.29, 1.82) is 0 Å². The third-order valence-electron chi connectivity index (χ3n) is 3.52. The van der Waals surface area contributed by atoms with Crippen molar-refractivity contribution in [2.75, 3.05) is 24.5 Å². The van der Waals surface area contributed by atoms with Crippen LogP contribution in [0.5, 0.6) is 0 Å². The molecule has 1 aliphatic rings. The highest BCUT2D eigenvalue weighted by Gasteiger charge is 2.32. The van der Waals surface area contributed by atoms with E-state index in [0.29, 0.717) is 0 Å². The smallest absolute Gasteiger partial charge is 0.133 e. The summed E-state index contributed by atoms with van der Waals surface area (Å²) in [6.45, 7) is 12.2. The van der Waals surface area contributed by atoms with Crippen LogP contribution in [0.2, 0.25) is 0 Å². The van der Waals surface area contributed by atoms with Crippen molar-refractivity contribution in [3.8, 4) is 0 Å². The Labute approximate surface area is 136 Å². The number of nitrogens with one attached hydrogen (secondary N) is 1. The van der Waals surface area contributed by atoms with Crippen LogP contribution in [-0.2, 0) is 11.3 Å². The molecule has 0 spiro atoms. The average molecular weight is 356 g/mol. The summed E-state index contributed by atoms with van der Waals surface area (Å²) >= 11 is 3.53. The molecule has 0 aliphatic carbocycles. The molecule has 1 saturated heterocycles. The minimum Gasteiger partial charge on any atom is -0.369 e. The molecule has 0 aromatic carbocycles. The fraction of sp³-hybridized carbons (Fsp3) is 0.688. The van der Waals surface area contributed by atoms with E-state index in [2.05, 4.69) is 64.9 Å². The molecule has 1 N–H and O–H groups in total. The number of anilines is 1. The number of rotatable bonds is 5. The monoisotopic (exact) mass is 355 g/mol. The molecule has 1 fully saturated rings. The molecule has 5 heteroatoms. The van der Waals surface area contributed by atoms with Crippen LogP contribution >= 0.6 is 15.9 Å². The van der Waals surface area contributed by atoms with Crippen molar-refractivity contribution < 1.29 is 4.74 Å². The van der Waals surface area contributed by atoms with Crippen LogP contribution in [0.25, 0.3) is 0 Å². The number of hydrogen-bond donors (Lipinski definition) is 1. The van der Waals surface area contributed by atoms with Crippen LogP contribution in [0.3, 0.4) is 0 Å². The molecule has 0 amide bonds. The van der Waals surface area contributed by atoms with E-state index in [9.17, 15) is 0 Å². The molecular weight excluding hydrogens is 330 g/mol. The van der Waals surface area contributed by atoms with Crippen LogP contribution in [0.4, 0.5) is 5.82 Å². The van der Waals surface area contributed by atoms with Gasteiger partial charge < -0.3 is 15.0 Å². The molecule has 4 nitrogen and oxygen atoms in total. The van der Waals surface area contributed by atoms with Gasteiger partial charge in [0.15, 0.2) is 0 Å². The minimum absolute atomic E-state index is 0.138. The Balaban J connectivity index is 2.21. The summed E-state index contributed by atoms with van der Waals surface area (Å²) in [5, 5.41) is 3.47. The molecular formula is C16H26BrN3O. The first kappa shape index (κ1) is 16.7. The summed E-state index contributed by atoms with van der Waals surface area (Å²) < 4.78 is 7.02. The van der Waals surface area contributed by atoms with Crippen LogP contribution in [0, 0.1) is 0 Å². The largest absolute Gasteiger partial charge is 0.369 e. The molecule has 0 bridgehead atoms. The van der Waals surface area contributed by atoms with Gasteiger partial charge in [-0.1, -0.05) is 6.92 Å². The lowest BCUT2D eigenvalue weighted by Gasteiger charge is -2.42. The summed E-state index contributed by atoms with van der Waals surface area (Å²) in [6.07, 6.45) is 3.24. The molecule has 118 valence electrons. The predicted molar refractivity (Wildman–Crippen MR) is 90.8 cm³/mol. The molecule has 0 saturated carbocycles. The minimum atomic E-state index is -0.138. The number of hydrogen-bond acceptors (Lipinski definition) is 4. The quantitative estimate of drug-likeness (QED) is 0.821. The van der Waals surface area contributed by atoms with E-state index in [-0.39, 0.29) is 11.7 Å². The lowest BCUT2D eigenvalue weighted by atomic mass is 10.0. The Morgan fingerprint density at radius 3 is 2.95 bits per heavy atom. The van der Waals surface area contributed by atoms with Crippen molar-refractivity contribution in [1.82, 2.24) is 10.3 Å². The Kier molecular flexibility index (Phi) is 5.63. The topological polar surface area (TPSA) is 37.4 Å². The van der Waals surface area contributed by atoms with E-state index in [1.165, 1.54) is 5.56 Å². The zero-order chi connectivity index (χ0) is 15.5. The van der Waals surface area contributed by atoms with Crippen molar-refractivity contribution in [2.24, 2.45) is 0 Å². The molecule has 1 aromatic heterocycles. The maximum atomic E-state index is 5.99. The standard InChI is InChI=1S/C16H26BrN3O/c1-5-6-18-8-13-7-14(17)9-19-15(13)20-10-12(2)21-16(3,4)11-20/h7,9,12,18H,5-6,8,10-11H2,1-4H3. The van der Waals surface area contributed by atoms with Crippen molar-refractivity contribution in [3.05, 3.63) is 22.3 Å². The fourth-order valence-electron chi connectivity index (χ4n) is 2.90. The highest BCUT2D eigenvalue weighted by Crippen LogP contribution is 2.28. The molecule has 2 rings (SSSR count). The Morgan fingerprint density at radius 2 is 2.29 bits per heavy atom. The summed E-state index contributed by atoms with van der Waals surface area (Å²) in [7, 11) is 0. The van der Waals surface area contributed by atoms with Crippen molar-refractivity contribution in [2.45, 2.75) is 52.4 Å². The van der Waals surface area contributed by atoms with Gasteiger partial charge in [-0.25, -0.2) is 4.98 Å². The van der Waals surface area contributed by atoms with Crippen molar-refractivity contribution in [3.63, 3.8) is 0 Å². The molecule has 2 heterocycles.